The summed E-state index contributed by atoms with van der Waals surface area (Å²) < 4.78 is 5.28. The van der Waals surface area contributed by atoms with Crippen LogP contribution in [0.1, 0.15) is 41.1 Å². The molecule has 2 rings (SSSR count). The lowest BCUT2D eigenvalue weighted by molar-refractivity contribution is -0.121. The summed E-state index contributed by atoms with van der Waals surface area (Å²) in [4.78, 5) is 23.2. The second-order valence-electron chi connectivity index (χ2n) is 4.67. The van der Waals surface area contributed by atoms with E-state index in [0.717, 1.165) is 12.8 Å². The Morgan fingerprint density at radius 1 is 1.39 bits per heavy atom. The van der Waals surface area contributed by atoms with Crippen molar-refractivity contribution in [3.8, 4) is 0 Å². The molecule has 1 aromatic heterocycles. The second kappa shape index (κ2) is 5.25. The highest BCUT2D eigenvalue weighted by Gasteiger charge is 2.23. The van der Waals surface area contributed by atoms with E-state index in [2.05, 4.69) is 10.6 Å². The van der Waals surface area contributed by atoms with Gasteiger partial charge < -0.3 is 15.1 Å². The monoisotopic (exact) mass is 250 g/mol. The van der Waals surface area contributed by atoms with Crippen LogP contribution in [0.15, 0.2) is 10.5 Å². The number of aryl methyl sites for hydroxylation is 2. The molecule has 1 aliphatic carbocycles. The predicted octanol–water partition coefficient (Wildman–Crippen LogP) is 1.29. The number of hydrogen-bond donors (Lipinski definition) is 2. The maximum Gasteiger partial charge on any atom is 0.254 e. The molecule has 1 aromatic rings. The van der Waals surface area contributed by atoms with Gasteiger partial charge in [0.05, 0.1) is 5.56 Å². The van der Waals surface area contributed by atoms with Gasteiger partial charge in [0.2, 0.25) is 5.91 Å². The first-order valence-electron chi connectivity index (χ1n) is 6.21. The van der Waals surface area contributed by atoms with E-state index in [9.17, 15) is 9.59 Å². The van der Waals surface area contributed by atoms with E-state index in [1.54, 1.807) is 19.9 Å². The largest absolute Gasteiger partial charge is 0.466 e. The minimum Gasteiger partial charge on any atom is -0.466 e. The van der Waals surface area contributed by atoms with Gasteiger partial charge in [-0.05, 0) is 32.8 Å². The average molecular weight is 250 g/mol. The van der Waals surface area contributed by atoms with Gasteiger partial charge in [0.1, 0.15) is 11.5 Å². The Hall–Kier alpha value is -1.78. The summed E-state index contributed by atoms with van der Waals surface area (Å²) in [6, 6.07) is 2.07. The molecule has 1 saturated carbocycles. The molecule has 1 fully saturated rings. The smallest absolute Gasteiger partial charge is 0.254 e. The Morgan fingerprint density at radius 2 is 2.11 bits per heavy atom. The molecule has 0 unspecified atom stereocenters. The number of hydrogen-bond acceptors (Lipinski definition) is 3. The van der Waals surface area contributed by atoms with Crippen LogP contribution in [-0.2, 0) is 4.79 Å². The van der Waals surface area contributed by atoms with Crippen LogP contribution in [-0.4, -0.2) is 24.4 Å². The molecular weight excluding hydrogens is 232 g/mol. The molecule has 5 heteroatoms. The van der Waals surface area contributed by atoms with E-state index in [1.165, 1.54) is 0 Å². The topological polar surface area (TPSA) is 71.3 Å². The molecule has 0 radical (unpaired) electrons. The first-order valence-corrected chi connectivity index (χ1v) is 6.21. The fourth-order valence-electron chi connectivity index (χ4n) is 1.77. The molecular formula is C13H18N2O3. The third-order valence-electron chi connectivity index (χ3n) is 2.87. The van der Waals surface area contributed by atoms with Gasteiger partial charge in [-0.3, -0.25) is 9.59 Å². The van der Waals surface area contributed by atoms with Crippen molar-refractivity contribution < 1.29 is 14.0 Å². The fourth-order valence-corrected chi connectivity index (χ4v) is 1.77. The summed E-state index contributed by atoms with van der Waals surface area (Å²) in [6.07, 6.45) is 2.47. The summed E-state index contributed by atoms with van der Waals surface area (Å²) >= 11 is 0. The van der Waals surface area contributed by atoms with Gasteiger partial charge >= 0.3 is 0 Å². The third kappa shape index (κ3) is 3.35. The molecule has 0 spiro atoms. The third-order valence-corrected chi connectivity index (χ3v) is 2.87. The SMILES string of the molecule is Cc1cc(C(=O)NCCC(=O)NC2CC2)c(C)o1. The highest BCUT2D eigenvalue weighted by molar-refractivity contribution is 5.95. The molecule has 98 valence electrons. The first-order chi connectivity index (χ1) is 8.56. The van der Waals surface area contributed by atoms with E-state index in [0.29, 0.717) is 36.1 Å². The zero-order chi connectivity index (χ0) is 13.1. The zero-order valence-electron chi connectivity index (χ0n) is 10.7. The number of furan rings is 1. The molecule has 0 atom stereocenters. The van der Waals surface area contributed by atoms with E-state index < -0.39 is 0 Å². The lowest BCUT2D eigenvalue weighted by Gasteiger charge is -2.05. The maximum atomic E-state index is 11.8. The van der Waals surface area contributed by atoms with Crippen LogP contribution < -0.4 is 10.6 Å². The van der Waals surface area contributed by atoms with Gasteiger partial charge in [-0.1, -0.05) is 0 Å². The summed E-state index contributed by atoms with van der Waals surface area (Å²) in [5.74, 6) is 1.12. The van der Waals surface area contributed by atoms with Gasteiger partial charge in [-0.25, -0.2) is 0 Å². The van der Waals surface area contributed by atoms with Crippen molar-refractivity contribution in [2.45, 2.75) is 39.2 Å². The molecule has 18 heavy (non-hydrogen) atoms. The van der Waals surface area contributed by atoms with Crippen molar-refractivity contribution >= 4 is 11.8 Å². The van der Waals surface area contributed by atoms with Gasteiger partial charge in [0, 0.05) is 19.0 Å². The molecule has 2 N–H and O–H groups in total. The Bertz CT molecular complexity index is 461. The number of amides is 2. The highest BCUT2D eigenvalue weighted by Crippen LogP contribution is 2.18. The quantitative estimate of drug-likeness (QED) is 0.827. The minimum atomic E-state index is -0.191. The van der Waals surface area contributed by atoms with Gasteiger partial charge in [-0.15, -0.1) is 0 Å². The summed E-state index contributed by atoms with van der Waals surface area (Å²) in [7, 11) is 0. The lowest BCUT2D eigenvalue weighted by atomic mass is 10.2. The Balaban J connectivity index is 1.74. The average Bonchev–Trinajstić information content (AvgIpc) is 3.02. The number of carbonyl (C=O) groups is 2. The fraction of sp³-hybridized carbons (Fsp3) is 0.538. The van der Waals surface area contributed by atoms with Gasteiger partial charge in [0.15, 0.2) is 0 Å². The Labute approximate surface area is 106 Å². The standard InChI is InChI=1S/C13H18N2O3/c1-8-7-11(9(2)18-8)13(17)14-6-5-12(16)15-10-3-4-10/h7,10H,3-6H2,1-2H3,(H,14,17)(H,15,16). The number of nitrogens with one attached hydrogen (secondary N) is 2. The van der Waals surface area contributed by atoms with Crippen LogP contribution in [0.25, 0.3) is 0 Å². The maximum absolute atomic E-state index is 11.8. The van der Waals surface area contributed by atoms with Crippen LogP contribution >= 0.6 is 0 Å². The van der Waals surface area contributed by atoms with Crippen LogP contribution in [0.4, 0.5) is 0 Å². The number of rotatable bonds is 5. The van der Waals surface area contributed by atoms with E-state index in [1.807, 2.05) is 0 Å². The van der Waals surface area contributed by atoms with E-state index in [4.69, 9.17) is 4.42 Å². The molecule has 0 aromatic carbocycles. The van der Waals surface area contributed by atoms with Gasteiger partial charge in [-0.2, -0.15) is 0 Å². The summed E-state index contributed by atoms with van der Waals surface area (Å²) in [5.41, 5.74) is 0.537. The van der Waals surface area contributed by atoms with Crippen molar-refractivity contribution in [1.82, 2.24) is 10.6 Å². The lowest BCUT2D eigenvalue weighted by Crippen LogP contribution is -2.31. The zero-order valence-corrected chi connectivity index (χ0v) is 10.7. The Kier molecular flexibility index (Phi) is 3.69. The first kappa shape index (κ1) is 12.7. The van der Waals surface area contributed by atoms with Crippen molar-refractivity contribution in [1.29, 1.82) is 0 Å². The minimum absolute atomic E-state index is 0.00195. The van der Waals surface area contributed by atoms with Crippen molar-refractivity contribution in [3.63, 3.8) is 0 Å². The molecule has 1 heterocycles. The van der Waals surface area contributed by atoms with Crippen LogP contribution in [0.5, 0.6) is 0 Å². The summed E-state index contributed by atoms with van der Waals surface area (Å²) in [6.45, 7) is 3.90. The Morgan fingerprint density at radius 3 is 2.67 bits per heavy atom. The van der Waals surface area contributed by atoms with Crippen LogP contribution in [0.3, 0.4) is 0 Å². The van der Waals surface area contributed by atoms with E-state index >= 15 is 0 Å². The molecule has 5 nitrogen and oxygen atoms in total. The molecule has 2 amide bonds. The van der Waals surface area contributed by atoms with Crippen LogP contribution in [0.2, 0.25) is 0 Å². The van der Waals surface area contributed by atoms with Crippen molar-refractivity contribution in [2.24, 2.45) is 0 Å². The highest BCUT2D eigenvalue weighted by atomic mass is 16.3. The van der Waals surface area contributed by atoms with E-state index in [-0.39, 0.29) is 11.8 Å². The second-order valence-corrected chi connectivity index (χ2v) is 4.67. The molecule has 0 saturated heterocycles. The molecule has 1 aliphatic rings. The summed E-state index contributed by atoms with van der Waals surface area (Å²) in [5, 5.41) is 5.59. The normalized spacial score (nSPS) is 14.3. The predicted molar refractivity (Wildman–Crippen MR) is 66.3 cm³/mol. The van der Waals surface area contributed by atoms with Gasteiger partial charge in [0.25, 0.3) is 5.91 Å². The molecule has 0 bridgehead atoms. The number of carbonyl (C=O) groups excluding carboxylic acids is 2. The van der Waals surface area contributed by atoms with Crippen LogP contribution in [0, 0.1) is 13.8 Å². The van der Waals surface area contributed by atoms with Crippen molar-refractivity contribution in [2.75, 3.05) is 6.54 Å². The molecule has 0 aliphatic heterocycles. The van der Waals surface area contributed by atoms with Crippen molar-refractivity contribution in [3.05, 3.63) is 23.2 Å².